The lowest BCUT2D eigenvalue weighted by atomic mass is 10.1. The summed E-state index contributed by atoms with van der Waals surface area (Å²) in [5.41, 5.74) is 1.82. The maximum Gasteiger partial charge on any atom is 0.365 e. The van der Waals surface area contributed by atoms with Gasteiger partial charge in [0.2, 0.25) is 5.91 Å². The van der Waals surface area contributed by atoms with Crippen LogP contribution in [0, 0.1) is 0 Å². The Morgan fingerprint density at radius 3 is 2.54 bits per heavy atom. The number of anilines is 1. The standard InChI is InChI=1S/C16H19N3O4S/c1-12(20)17-11-19-10-15(16(21)23-19)13-2-4-14(5-3-13)18-6-8-24(22)9-7-18/h2-5,10H,6-9,11H2,1H3,(H,17,20). The van der Waals surface area contributed by atoms with Crippen LogP contribution in [0.4, 0.5) is 5.69 Å². The van der Waals surface area contributed by atoms with Gasteiger partial charge in [-0.1, -0.05) is 12.1 Å². The molecular weight excluding hydrogens is 330 g/mol. The largest absolute Gasteiger partial charge is 0.370 e. The molecule has 1 aromatic heterocycles. The lowest BCUT2D eigenvalue weighted by molar-refractivity contribution is -0.119. The molecule has 1 fully saturated rings. The molecule has 1 aromatic carbocycles. The Morgan fingerprint density at radius 2 is 1.92 bits per heavy atom. The summed E-state index contributed by atoms with van der Waals surface area (Å²) >= 11 is 0. The second-order valence-electron chi connectivity index (χ2n) is 5.61. The zero-order chi connectivity index (χ0) is 17.1. The van der Waals surface area contributed by atoms with E-state index < -0.39 is 16.4 Å². The summed E-state index contributed by atoms with van der Waals surface area (Å²) in [6, 6.07) is 7.65. The molecular formula is C16H19N3O4S. The predicted octanol–water partition coefficient (Wildman–Crippen LogP) is 0.771. The molecule has 2 heterocycles. The van der Waals surface area contributed by atoms with Crippen LogP contribution in [0.5, 0.6) is 0 Å². The van der Waals surface area contributed by atoms with Gasteiger partial charge >= 0.3 is 5.63 Å². The van der Waals surface area contributed by atoms with Gasteiger partial charge in [0.05, 0.1) is 11.8 Å². The van der Waals surface area contributed by atoms with Crippen LogP contribution >= 0.6 is 0 Å². The number of aromatic nitrogens is 1. The third-order valence-corrected chi connectivity index (χ3v) is 5.17. The molecule has 1 aliphatic heterocycles. The van der Waals surface area contributed by atoms with E-state index in [4.69, 9.17) is 4.52 Å². The fraction of sp³-hybridized carbons (Fsp3) is 0.375. The first-order chi connectivity index (χ1) is 11.5. The van der Waals surface area contributed by atoms with E-state index >= 15 is 0 Å². The van der Waals surface area contributed by atoms with Crippen molar-refractivity contribution in [1.29, 1.82) is 0 Å². The quantitative estimate of drug-likeness (QED) is 0.881. The van der Waals surface area contributed by atoms with Crippen molar-refractivity contribution in [1.82, 2.24) is 10.1 Å². The summed E-state index contributed by atoms with van der Waals surface area (Å²) in [4.78, 5) is 25.1. The van der Waals surface area contributed by atoms with Crippen molar-refractivity contribution >= 4 is 22.4 Å². The van der Waals surface area contributed by atoms with Gasteiger partial charge in [0, 0.05) is 48.0 Å². The summed E-state index contributed by atoms with van der Waals surface area (Å²) < 4.78 is 17.8. The third-order valence-electron chi connectivity index (χ3n) is 3.90. The highest BCUT2D eigenvalue weighted by Crippen LogP contribution is 2.22. The normalized spacial score (nSPS) is 15.5. The zero-order valence-electron chi connectivity index (χ0n) is 13.4. The first-order valence-electron chi connectivity index (χ1n) is 7.68. The molecule has 128 valence electrons. The van der Waals surface area contributed by atoms with E-state index in [1.165, 1.54) is 11.7 Å². The highest BCUT2D eigenvalue weighted by atomic mass is 32.2. The summed E-state index contributed by atoms with van der Waals surface area (Å²) in [5.74, 6) is 1.19. The number of rotatable bonds is 4. The van der Waals surface area contributed by atoms with Crippen LogP contribution < -0.4 is 15.8 Å². The molecule has 3 rings (SSSR count). The maximum atomic E-state index is 12.0. The topological polar surface area (TPSA) is 84.5 Å². The number of amides is 1. The van der Waals surface area contributed by atoms with Gasteiger partial charge in [-0.3, -0.25) is 9.00 Å². The highest BCUT2D eigenvalue weighted by molar-refractivity contribution is 7.85. The molecule has 7 nitrogen and oxygen atoms in total. The maximum absolute atomic E-state index is 12.0. The molecule has 0 bridgehead atoms. The lowest BCUT2D eigenvalue weighted by Crippen LogP contribution is -2.37. The molecule has 2 aromatic rings. The molecule has 0 atom stereocenters. The van der Waals surface area contributed by atoms with Crippen LogP contribution in [0.1, 0.15) is 6.92 Å². The van der Waals surface area contributed by atoms with E-state index in [1.54, 1.807) is 6.20 Å². The number of benzene rings is 1. The molecule has 0 radical (unpaired) electrons. The monoisotopic (exact) mass is 349 g/mol. The van der Waals surface area contributed by atoms with Gasteiger partial charge in [0.15, 0.2) is 0 Å². The average molecular weight is 349 g/mol. The fourth-order valence-electron chi connectivity index (χ4n) is 2.59. The van der Waals surface area contributed by atoms with E-state index in [9.17, 15) is 13.8 Å². The van der Waals surface area contributed by atoms with E-state index in [2.05, 4.69) is 10.2 Å². The Labute approximate surface area is 141 Å². The summed E-state index contributed by atoms with van der Waals surface area (Å²) in [6.07, 6.45) is 1.58. The van der Waals surface area contributed by atoms with Crippen LogP contribution in [-0.2, 0) is 22.3 Å². The Balaban J connectivity index is 1.75. The van der Waals surface area contributed by atoms with Crippen LogP contribution in [0.25, 0.3) is 11.1 Å². The van der Waals surface area contributed by atoms with Crippen molar-refractivity contribution in [2.45, 2.75) is 13.6 Å². The van der Waals surface area contributed by atoms with Crippen LogP contribution in [0.2, 0.25) is 0 Å². The van der Waals surface area contributed by atoms with E-state index in [1.807, 2.05) is 24.3 Å². The van der Waals surface area contributed by atoms with Crippen LogP contribution in [-0.4, -0.2) is 39.5 Å². The van der Waals surface area contributed by atoms with Crippen molar-refractivity contribution in [2.75, 3.05) is 29.5 Å². The first kappa shape index (κ1) is 16.5. The zero-order valence-corrected chi connectivity index (χ0v) is 14.2. The van der Waals surface area contributed by atoms with Gasteiger partial charge in [-0.15, -0.1) is 0 Å². The minimum atomic E-state index is -0.703. The first-order valence-corrected chi connectivity index (χ1v) is 9.17. The number of hydrogen-bond acceptors (Lipinski definition) is 5. The minimum absolute atomic E-state index is 0.119. The van der Waals surface area contributed by atoms with Gasteiger partial charge in [0.1, 0.15) is 6.67 Å². The molecule has 24 heavy (non-hydrogen) atoms. The van der Waals surface area contributed by atoms with Crippen molar-refractivity contribution < 1.29 is 13.5 Å². The van der Waals surface area contributed by atoms with Crippen molar-refractivity contribution in [3.63, 3.8) is 0 Å². The number of carbonyl (C=O) groups is 1. The van der Waals surface area contributed by atoms with Gasteiger partial charge in [-0.2, -0.15) is 4.74 Å². The van der Waals surface area contributed by atoms with Crippen molar-refractivity contribution in [3.05, 3.63) is 40.9 Å². The number of carbonyl (C=O) groups excluding carboxylic acids is 1. The Kier molecular flexibility index (Phi) is 4.84. The Hall–Kier alpha value is -2.35. The van der Waals surface area contributed by atoms with Gasteiger partial charge in [-0.25, -0.2) is 4.79 Å². The molecule has 0 unspecified atom stereocenters. The summed E-state index contributed by atoms with van der Waals surface area (Å²) in [6.45, 7) is 3.08. The molecule has 1 N–H and O–H groups in total. The average Bonchev–Trinajstić information content (AvgIpc) is 2.95. The molecule has 8 heteroatoms. The van der Waals surface area contributed by atoms with Gasteiger partial charge in [0.25, 0.3) is 0 Å². The second kappa shape index (κ2) is 7.04. The van der Waals surface area contributed by atoms with E-state index in [-0.39, 0.29) is 12.6 Å². The minimum Gasteiger partial charge on any atom is -0.370 e. The van der Waals surface area contributed by atoms with Crippen LogP contribution in [0.15, 0.2) is 39.8 Å². The summed E-state index contributed by atoms with van der Waals surface area (Å²) in [7, 11) is -0.703. The number of hydrogen-bond donors (Lipinski definition) is 1. The van der Waals surface area contributed by atoms with Crippen molar-refractivity contribution in [2.24, 2.45) is 0 Å². The fourth-order valence-corrected chi connectivity index (χ4v) is 3.64. The number of nitrogens with zero attached hydrogens (tertiary/aromatic N) is 2. The molecule has 1 amide bonds. The SMILES string of the molecule is CC(=O)NCn1cc(-c2ccc(N3CCS(=O)CC3)cc2)c(=O)o1. The molecule has 1 saturated heterocycles. The molecule has 1 aliphatic rings. The van der Waals surface area contributed by atoms with Crippen LogP contribution in [0.3, 0.4) is 0 Å². The lowest BCUT2D eigenvalue weighted by Gasteiger charge is -2.28. The molecule has 0 saturated carbocycles. The highest BCUT2D eigenvalue weighted by Gasteiger charge is 2.16. The second-order valence-corrected chi connectivity index (χ2v) is 7.31. The summed E-state index contributed by atoms with van der Waals surface area (Å²) in [5, 5.41) is 2.57. The smallest absolute Gasteiger partial charge is 0.365 e. The van der Waals surface area contributed by atoms with Gasteiger partial charge < -0.3 is 14.7 Å². The third kappa shape index (κ3) is 3.76. The van der Waals surface area contributed by atoms with E-state index in [0.717, 1.165) is 24.3 Å². The molecule has 0 spiro atoms. The predicted molar refractivity (Wildman–Crippen MR) is 92.3 cm³/mol. The number of nitrogens with one attached hydrogen (secondary N) is 1. The van der Waals surface area contributed by atoms with Crippen molar-refractivity contribution in [3.8, 4) is 11.1 Å². The van der Waals surface area contributed by atoms with Gasteiger partial charge in [-0.05, 0) is 17.7 Å². The van der Waals surface area contributed by atoms with E-state index in [0.29, 0.717) is 17.1 Å². The molecule has 0 aliphatic carbocycles. The Morgan fingerprint density at radius 1 is 1.25 bits per heavy atom. The Bertz CT molecular complexity index is 799.